The zero-order chi connectivity index (χ0) is 27.9. The standard InChI is InChI=1S/C25H31N5O4.C5H5.Fe/c1-17(30-21-14-20(34-2)13-19-10-6-12-27-24(19)21)7-5-11-26-22(31)15-28-23(32)16-29-25(33)18-8-3-4-9-18;1-2-4-5-3-1;/h3-4,6,8-10,12-14,17,29-30,33H,5,7,11,15-16H2,1-2H3,(H,26,31)(H,28,32);1-5H;/q;-1;+2/p-1. The summed E-state index contributed by atoms with van der Waals surface area (Å²) in [6.45, 7) is 2.24. The Bertz CT molecular complexity index is 1270. The van der Waals surface area contributed by atoms with Gasteiger partial charge in [-0.3, -0.25) is 14.6 Å². The molecule has 0 spiro atoms. The maximum Gasteiger partial charge on any atom is 2.00 e. The second kappa shape index (κ2) is 17.4. The van der Waals surface area contributed by atoms with E-state index in [4.69, 9.17) is 4.74 Å². The van der Waals surface area contributed by atoms with Gasteiger partial charge in [0.25, 0.3) is 0 Å². The van der Waals surface area contributed by atoms with Crippen molar-refractivity contribution >= 4 is 28.4 Å². The second-order valence-corrected chi connectivity index (χ2v) is 8.88. The number of ether oxygens (including phenoxy) is 1. The number of rotatable bonds is 12. The van der Waals surface area contributed by atoms with Gasteiger partial charge >= 0.3 is 17.1 Å². The molecule has 3 aromatic rings. The number of anilines is 1. The average Bonchev–Trinajstić information content (AvgIpc) is 3.70. The van der Waals surface area contributed by atoms with E-state index in [1.807, 2.05) is 54.6 Å². The molecule has 2 amide bonds. The van der Waals surface area contributed by atoms with Gasteiger partial charge < -0.3 is 31.1 Å². The van der Waals surface area contributed by atoms with Gasteiger partial charge in [-0.2, -0.15) is 18.2 Å². The third-order valence-electron chi connectivity index (χ3n) is 5.79. The van der Waals surface area contributed by atoms with Crippen molar-refractivity contribution in [3.8, 4) is 5.75 Å². The summed E-state index contributed by atoms with van der Waals surface area (Å²) in [5, 5.41) is 24.1. The van der Waals surface area contributed by atoms with Crippen molar-refractivity contribution in [3.63, 3.8) is 0 Å². The summed E-state index contributed by atoms with van der Waals surface area (Å²) in [6.07, 6.45) is 10.2. The third-order valence-corrected chi connectivity index (χ3v) is 5.79. The molecule has 1 aromatic heterocycles. The molecule has 0 saturated heterocycles. The molecule has 1 heterocycles. The minimum Gasteiger partial charge on any atom is -0.860 e. The van der Waals surface area contributed by atoms with E-state index < -0.39 is 5.91 Å². The van der Waals surface area contributed by atoms with Crippen molar-refractivity contribution in [2.45, 2.75) is 25.8 Å². The van der Waals surface area contributed by atoms with Gasteiger partial charge in [0.1, 0.15) is 5.75 Å². The summed E-state index contributed by atoms with van der Waals surface area (Å²) in [4.78, 5) is 28.3. The van der Waals surface area contributed by atoms with Gasteiger partial charge in [0, 0.05) is 30.2 Å². The van der Waals surface area contributed by atoms with Crippen LogP contribution in [0, 0.1) is 0 Å². The molecule has 0 fully saturated rings. The van der Waals surface area contributed by atoms with Crippen LogP contribution in [0.3, 0.4) is 0 Å². The van der Waals surface area contributed by atoms with Crippen LogP contribution in [0.4, 0.5) is 5.69 Å². The fourth-order valence-electron chi connectivity index (χ4n) is 3.78. The first-order valence-corrected chi connectivity index (χ1v) is 12.9. The van der Waals surface area contributed by atoms with E-state index in [1.54, 1.807) is 37.6 Å². The summed E-state index contributed by atoms with van der Waals surface area (Å²) in [5.74, 6) is -0.272. The quantitative estimate of drug-likeness (QED) is 0.111. The summed E-state index contributed by atoms with van der Waals surface area (Å²) in [5.41, 5.74) is 2.27. The van der Waals surface area contributed by atoms with Crippen molar-refractivity contribution in [2.75, 3.05) is 32.1 Å². The Morgan fingerprint density at radius 2 is 1.73 bits per heavy atom. The van der Waals surface area contributed by atoms with Crippen molar-refractivity contribution in [1.82, 2.24) is 20.9 Å². The number of nitrogens with one attached hydrogen (secondary N) is 4. The Morgan fingerprint density at radius 3 is 2.40 bits per heavy atom. The van der Waals surface area contributed by atoms with Crippen LogP contribution in [0.1, 0.15) is 19.8 Å². The minimum atomic E-state index is -0.424. The molecule has 2 aromatic carbocycles. The first-order chi connectivity index (χ1) is 19.0. The summed E-state index contributed by atoms with van der Waals surface area (Å²) in [6, 6.07) is 17.9. The summed E-state index contributed by atoms with van der Waals surface area (Å²) in [7, 11) is 1.64. The maximum absolute atomic E-state index is 12.0. The van der Waals surface area contributed by atoms with Crippen LogP contribution in [0.25, 0.3) is 10.9 Å². The number of methoxy groups -OCH3 is 1. The van der Waals surface area contributed by atoms with Gasteiger partial charge in [-0.15, -0.1) is 0 Å². The Morgan fingerprint density at radius 1 is 1.02 bits per heavy atom. The van der Waals surface area contributed by atoms with Crippen LogP contribution in [-0.2, 0) is 26.7 Å². The van der Waals surface area contributed by atoms with Gasteiger partial charge in [-0.1, -0.05) is 30.4 Å². The molecule has 9 nitrogen and oxygen atoms in total. The molecule has 0 radical (unpaired) electrons. The fraction of sp³-hybridized carbons (Fsp3) is 0.267. The number of hydrogen-bond acceptors (Lipinski definition) is 7. The van der Waals surface area contributed by atoms with Gasteiger partial charge in [0.15, 0.2) is 0 Å². The number of carbonyl (C=O) groups is 2. The molecule has 0 bridgehead atoms. The van der Waals surface area contributed by atoms with Crippen molar-refractivity contribution < 1.29 is 36.5 Å². The normalized spacial score (nSPS) is 12.0. The Balaban J connectivity index is 0.000000840. The largest absolute Gasteiger partial charge is 2.00 e. The molecule has 1 aliphatic carbocycles. The van der Waals surface area contributed by atoms with E-state index >= 15 is 0 Å². The van der Waals surface area contributed by atoms with E-state index in [0.717, 1.165) is 35.2 Å². The van der Waals surface area contributed by atoms with Crippen molar-refractivity contribution in [2.24, 2.45) is 0 Å². The number of pyridine rings is 1. The van der Waals surface area contributed by atoms with Crippen LogP contribution in [0.15, 0.2) is 96.6 Å². The van der Waals surface area contributed by atoms with E-state index in [2.05, 4.69) is 33.2 Å². The SMILES string of the molecule is COc1cc(NC(C)CCCNC(=O)CNC(=O)CNC([O-])=C2C=CC=C2)c2ncccc2c1.[Fe+2].c1cc[cH-]c1. The van der Waals surface area contributed by atoms with Crippen LogP contribution >= 0.6 is 0 Å². The first kappa shape index (κ1) is 32.1. The van der Waals surface area contributed by atoms with Gasteiger partial charge in [-0.05, 0) is 43.4 Å². The minimum absolute atomic E-state index is 0. The molecule has 4 rings (SSSR count). The molecule has 0 aliphatic heterocycles. The predicted molar refractivity (Wildman–Crippen MR) is 152 cm³/mol. The summed E-state index contributed by atoms with van der Waals surface area (Å²) < 4.78 is 5.39. The smallest absolute Gasteiger partial charge is 0.860 e. The molecule has 1 atom stereocenters. The molecule has 10 heteroatoms. The Kier molecular flexibility index (Phi) is 14.0. The van der Waals surface area contributed by atoms with E-state index in [9.17, 15) is 14.7 Å². The van der Waals surface area contributed by atoms with Crippen LogP contribution in [0.5, 0.6) is 5.75 Å². The molecular weight excluding hydrogens is 550 g/mol. The third kappa shape index (κ3) is 10.9. The average molecular weight is 585 g/mol. The van der Waals surface area contributed by atoms with E-state index in [1.165, 1.54) is 0 Å². The van der Waals surface area contributed by atoms with Gasteiger partial charge in [0.05, 0.1) is 31.4 Å². The number of amides is 2. The summed E-state index contributed by atoms with van der Waals surface area (Å²) >= 11 is 0. The zero-order valence-corrected chi connectivity index (χ0v) is 23.7. The fourth-order valence-corrected chi connectivity index (χ4v) is 3.78. The number of fused-ring (bicyclic) bond motifs is 1. The molecular formula is C30H35FeN5O4. The number of aromatic nitrogens is 1. The van der Waals surface area contributed by atoms with E-state index in [-0.39, 0.29) is 48.0 Å². The maximum atomic E-state index is 12.0. The van der Waals surface area contributed by atoms with Crippen LogP contribution in [-0.4, -0.2) is 49.6 Å². The Labute approximate surface area is 245 Å². The second-order valence-electron chi connectivity index (χ2n) is 8.88. The molecule has 212 valence electrons. The van der Waals surface area contributed by atoms with E-state index in [0.29, 0.717) is 12.1 Å². The first-order valence-electron chi connectivity index (χ1n) is 12.9. The molecule has 1 unspecified atom stereocenters. The predicted octanol–water partition coefficient (Wildman–Crippen LogP) is 2.75. The van der Waals surface area contributed by atoms with Crippen LogP contribution < -0.4 is 31.1 Å². The molecule has 1 aliphatic rings. The number of nitrogens with zero attached hydrogens (tertiary/aromatic N) is 1. The number of hydrogen-bond donors (Lipinski definition) is 4. The number of allylic oxidation sites excluding steroid dienone is 5. The molecule has 0 saturated carbocycles. The van der Waals surface area contributed by atoms with Crippen molar-refractivity contribution in [3.05, 3.63) is 96.6 Å². The van der Waals surface area contributed by atoms with Gasteiger partial charge in [-0.25, -0.2) is 12.1 Å². The number of benzene rings is 1. The van der Waals surface area contributed by atoms with Crippen LogP contribution in [0.2, 0.25) is 0 Å². The van der Waals surface area contributed by atoms with Gasteiger partial charge in [0.2, 0.25) is 11.8 Å². The molecule has 4 N–H and O–H groups in total. The monoisotopic (exact) mass is 585 g/mol. The molecule has 40 heavy (non-hydrogen) atoms. The van der Waals surface area contributed by atoms with Crippen molar-refractivity contribution in [1.29, 1.82) is 0 Å². The Hall–Kier alpha value is -4.14. The topological polar surface area (TPSA) is 127 Å². The zero-order valence-electron chi connectivity index (χ0n) is 22.6. The number of carbonyl (C=O) groups excluding carboxylic acids is 2.